The summed E-state index contributed by atoms with van der Waals surface area (Å²) in [5.74, 6) is -1.54. The van der Waals surface area contributed by atoms with Crippen molar-refractivity contribution in [3.63, 3.8) is 0 Å². The molecular weight excluding hydrogens is 623 g/mol. The van der Waals surface area contributed by atoms with Crippen molar-refractivity contribution in [3.8, 4) is 0 Å². The fourth-order valence-electron chi connectivity index (χ4n) is 6.10. The summed E-state index contributed by atoms with van der Waals surface area (Å²) in [7, 11) is -4.44. The zero-order valence-electron chi connectivity index (χ0n) is 31.2. The molecule has 0 aromatic heterocycles. The molecule has 0 saturated heterocycles. The van der Waals surface area contributed by atoms with Crippen LogP contribution in [0.5, 0.6) is 0 Å². The minimum absolute atomic E-state index is 0.266. The smallest absolute Gasteiger partial charge is 0.267 e. The molecule has 7 nitrogen and oxygen atoms in total. The SMILES string of the molecule is CCCCC/C=C\CCCCCCC(O)C(=O)NC(CS(=O)(=O)O)C(O)/C=C/CCCCCCCCCCCCCCCCCCCC. The van der Waals surface area contributed by atoms with E-state index in [1.54, 1.807) is 6.08 Å². The van der Waals surface area contributed by atoms with Crippen LogP contribution >= 0.6 is 0 Å². The van der Waals surface area contributed by atoms with Crippen molar-refractivity contribution in [1.29, 1.82) is 0 Å². The van der Waals surface area contributed by atoms with E-state index >= 15 is 0 Å². The number of aliphatic hydroxyl groups is 2. The van der Waals surface area contributed by atoms with Gasteiger partial charge in [0.2, 0.25) is 5.91 Å². The van der Waals surface area contributed by atoms with Crippen molar-refractivity contribution in [3.05, 3.63) is 24.3 Å². The first-order valence-electron chi connectivity index (χ1n) is 20.1. The van der Waals surface area contributed by atoms with E-state index in [1.807, 2.05) is 0 Å². The maximum Gasteiger partial charge on any atom is 0.267 e. The molecule has 0 fully saturated rings. The Morgan fingerprint density at radius 2 is 0.917 bits per heavy atom. The lowest BCUT2D eigenvalue weighted by atomic mass is 10.0. The number of unbranched alkanes of at least 4 members (excludes halogenated alkanes) is 25. The van der Waals surface area contributed by atoms with E-state index in [4.69, 9.17) is 0 Å². The van der Waals surface area contributed by atoms with Gasteiger partial charge in [-0.3, -0.25) is 9.35 Å². The van der Waals surface area contributed by atoms with Crippen LogP contribution in [0.4, 0.5) is 0 Å². The monoisotopic (exact) mass is 700 g/mol. The summed E-state index contributed by atoms with van der Waals surface area (Å²) in [5, 5.41) is 23.3. The first-order chi connectivity index (χ1) is 23.2. The number of hydrogen-bond acceptors (Lipinski definition) is 5. The van der Waals surface area contributed by atoms with Gasteiger partial charge < -0.3 is 15.5 Å². The Labute approximate surface area is 297 Å². The van der Waals surface area contributed by atoms with E-state index in [-0.39, 0.29) is 6.42 Å². The summed E-state index contributed by atoms with van der Waals surface area (Å²) in [4.78, 5) is 12.5. The number of rotatable bonds is 36. The lowest BCUT2D eigenvalue weighted by molar-refractivity contribution is -0.130. The maximum atomic E-state index is 12.5. The highest BCUT2D eigenvalue weighted by atomic mass is 32.2. The van der Waals surface area contributed by atoms with Gasteiger partial charge in [-0.05, 0) is 44.9 Å². The van der Waals surface area contributed by atoms with Crippen LogP contribution in [0, 0.1) is 0 Å². The van der Waals surface area contributed by atoms with Crippen molar-refractivity contribution in [2.75, 3.05) is 5.75 Å². The van der Waals surface area contributed by atoms with Gasteiger partial charge in [0.25, 0.3) is 10.1 Å². The van der Waals surface area contributed by atoms with Gasteiger partial charge in [-0.25, -0.2) is 0 Å². The molecule has 3 unspecified atom stereocenters. The second-order valence-electron chi connectivity index (χ2n) is 14.1. The van der Waals surface area contributed by atoms with Crippen molar-refractivity contribution < 1.29 is 28.0 Å². The molecule has 0 aliphatic carbocycles. The van der Waals surface area contributed by atoms with E-state index < -0.39 is 40.0 Å². The first-order valence-corrected chi connectivity index (χ1v) is 21.8. The third kappa shape index (κ3) is 33.3. The van der Waals surface area contributed by atoms with Gasteiger partial charge in [-0.2, -0.15) is 8.42 Å². The lowest BCUT2D eigenvalue weighted by Crippen LogP contribution is -2.50. The molecule has 0 bridgehead atoms. The fourth-order valence-corrected chi connectivity index (χ4v) is 6.83. The second kappa shape index (κ2) is 34.2. The van der Waals surface area contributed by atoms with Gasteiger partial charge >= 0.3 is 0 Å². The third-order valence-corrected chi connectivity index (χ3v) is 10.0. The number of nitrogens with one attached hydrogen (secondary N) is 1. The number of aliphatic hydroxyl groups excluding tert-OH is 2. The largest absolute Gasteiger partial charge is 0.387 e. The van der Waals surface area contributed by atoms with E-state index in [0.29, 0.717) is 6.42 Å². The Bertz CT molecular complexity index is 875. The quantitative estimate of drug-likeness (QED) is 0.0293. The molecule has 0 aromatic carbocycles. The number of carbonyl (C=O) groups excluding carboxylic acids is 1. The molecule has 0 spiro atoms. The van der Waals surface area contributed by atoms with Crippen molar-refractivity contribution in [2.45, 2.75) is 218 Å². The third-order valence-electron chi connectivity index (χ3n) is 9.23. The maximum absolute atomic E-state index is 12.5. The summed E-state index contributed by atoms with van der Waals surface area (Å²) in [5.41, 5.74) is 0. The predicted molar refractivity (Wildman–Crippen MR) is 204 cm³/mol. The highest BCUT2D eigenvalue weighted by molar-refractivity contribution is 7.85. The zero-order valence-corrected chi connectivity index (χ0v) is 32.0. The Morgan fingerprint density at radius 1 is 0.562 bits per heavy atom. The summed E-state index contributed by atoms with van der Waals surface area (Å²) in [6, 6.07) is -1.23. The molecule has 3 atom stereocenters. The second-order valence-corrected chi connectivity index (χ2v) is 15.6. The molecule has 0 aliphatic heterocycles. The number of hydrogen-bond donors (Lipinski definition) is 4. The van der Waals surface area contributed by atoms with Gasteiger partial charge in [0, 0.05) is 0 Å². The fraction of sp³-hybridized carbons (Fsp3) is 0.875. The number of amides is 1. The number of allylic oxidation sites excluding steroid dienone is 3. The zero-order chi connectivity index (χ0) is 35.6. The van der Waals surface area contributed by atoms with Crippen LogP contribution in [-0.2, 0) is 14.9 Å². The van der Waals surface area contributed by atoms with E-state index in [9.17, 15) is 28.0 Å². The van der Waals surface area contributed by atoms with Crippen LogP contribution in [0.25, 0.3) is 0 Å². The van der Waals surface area contributed by atoms with E-state index in [2.05, 4.69) is 31.3 Å². The van der Waals surface area contributed by atoms with Crippen LogP contribution in [0.1, 0.15) is 200 Å². The van der Waals surface area contributed by atoms with Crippen molar-refractivity contribution in [2.24, 2.45) is 0 Å². The molecule has 4 N–H and O–H groups in total. The molecule has 0 radical (unpaired) electrons. The van der Waals surface area contributed by atoms with Gasteiger partial charge in [0.05, 0.1) is 17.9 Å². The summed E-state index contributed by atoms with van der Waals surface area (Å²) >= 11 is 0. The summed E-state index contributed by atoms with van der Waals surface area (Å²) < 4.78 is 32.4. The van der Waals surface area contributed by atoms with Gasteiger partial charge in [-0.15, -0.1) is 0 Å². The van der Waals surface area contributed by atoms with E-state index in [0.717, 1.165) is 51.4 Å². The summed E-state index contributed by atoms with van der Waals surface area (Å²) in [6.07, 6.45) is 39.5. The topological polar surface area (TPSA) is 124 Å². The average Bonchev–Trinajstić information content (AvgIpc) is 3.05. The Hall–Kier alpha value is -1.22. The van der Waals surface area contributed by atoms with Gasteiger partial charge in [-0.1, -0.05) is 179 Å². The van der Waals surface area contributed by atoms with E-state index in [1.165, 1.54) is 128 Å². The highest BCUT2D eigenvalue weighted by Crippen LogP contribution is 2.15. The normalized spacial score (nSPS) is 14.2. The standard InChI is InChI=1S/C40H77NO6S/c1-3-5-7-9-11-13-15-16-17-18-19-20-21-22-23-25-26-28-30-32-34-38(42)37(36-48(45,46)47)41-40(44)39(43)35-33-31-29-27-24-14-12-10-8-6-4-2/h12,14,32,34,37-39,42-43H,3-11,13,15-31,33,35-36H2,1-2H3,(H,41,44)(H,45,46,47)/b14-12-,34-32+. The minimum atomic E-state index is -4.44. The van der Waals surface area contributed by atoms with Crippen LogP contribution in [0.15, 0.2) is 24.3 Å². The first kappa shape index (κ1) is 46.8. The predicted octanol–water partition coefficient (Wildman–Crippen LogP) is 10.5. The molecule has 0 aromatic rings. The molecule has 8 heteroatoms. The molecule has 48 heavy (non-hydrogen) atoms. The minimum Gasteiger partial charge on any atom is -0.387 e. The average molecular weight is 700 g/mol. The molecule has 0 heterocycles. The van der Waals surface area contributed by atoms with Crippen LogP contribution in [-0.4, -0.2) is 53.1 Å². The lowest BCUT2D eigenvalue weighted by Gasteiger charge is -2.22. The molecule has 284 valence electrons. The van der Waals surface area contributed by atoms with Crippen molar-refractivity contribution >= 4 is 16.0 Å². The Morgan fingerprint density at radius 3 is 1.35 bits per heavy atom. The molecule has 0 rings (SSSR count). The Balaban J connectivity index is 4.01. The number of carbonyl (C=O) groups is 1. The van der Waals surface area contributed by atoms with Crippen molar-refractivity contribution in [1.82, 2.24) is 5.32 Å². The Kier molecular flexibility index (Phi) is 33.4. The van der Waals surface area contributed by atoms with Gasteiger partial charge in [0.1, 0.15) is 6.10 Å². The highest BCUT2D eigenvalue weighted by Gasteiger charge is 2.27. The van der Waals surface area contributed by atoms with Gasteiger partial charge in [0.15, 0.2) is 0 Å². The van der Waals surface area contributed by atoms with Crippen LogP contribution in [0.3, 0.4) is 0 Å². The summed E-state index contributed by atoms with van der Waals surface area (Å²) in [6.45, 7) is 4.47. The van der Waals surface area contributed by atoms with Crippen LogP contribution in [0.2, 0.25) is 0 Å². The molecule has 1 amide bonds. The molecule has 0 saturated carbocycles. The molecule has 0 aliphatic rings. The van der Waals surface area contributed by atoms with Crippen LogP contribution < -0.4 is 5.32 Å². The molecular formula is C40H77NO6S.